The minimum atomic E-state index is -0.215. The molecule has 5 nitrogen and oxygen atoms in total. The first-order chi connectivity index (χ1) is 11.2. The van der Waals surface area contributed by atoms with Crippen molar-refractivity contribution in [2.45, 2.75) is 26.2 Å². The number of carbonyl (C=O) groups excluding carboxylic acids is 1. The molecule has 1 saturated heterocycles. The maximum absolute atomic E-state index is 12.6. The van der Waals surface area contributed by atoms with Gasteiger partial charge < -0.3 is 14.5 Å². The number of benzene rings is 1. The van der Waals surface area contributed by atoms with Gasteiger partial charge in [-0.05, 0) is 25.9 Å². The van der Waals surface area contributed by atoms with Crippen LogP contribution in [0.4, 0.5) is 0 Å². The molecule has 0 amide bonds. The fourth-order valence-electron chi connectivity index (χ4n) is 3.07. The van der Waals surface area contributed by atoms with Gasteiger partial charge in [-0.1, -0.05) is 48.8 Å². The molecule has 2 heterocycles. The summed E-state index contributed by atoms with van der Waals surface area (Å²) in [5.74, 6) is -0.294. The first-order valence-electron chi connectivity index (χ1n) is 8.17. The third-order valence-corrected chi connectivity index (χ3v) is 4.37. The highest BCUT2D eigenvalue weighted by molar-refractivity contribution is 5.99. The molecule has 0 aliphatic carbocycles. The number of ketones is 1. The minimum absolute atomic E-state index is 0.0355. The summed E-state index contributed by atoms with van der Waals surface area (Å²) in [6.45, 7) is 4.66. The van der Waals surface area contributed by atoms with Crippen LogP contribution in [0.15, 0.2) is 34.9 Å². The number of aromatic hydroxyl groups is 1. The molecule has 1 aromatic heterocycles. The number of aromatic nitrogens is 1. The van der Waals surface area contributed by atoms with Crippen molar-refractivity contribution in [2.24, 2.45) is 5.92 Å². The maximum atomic E-state index is 12.6. The standard InChI is InChI=1S/C18H22N2O3/c1-13(12-20-10-6-3-7-11-20)16(21)15-17(22)18(23-19-15)14-8-4-2-5-9-14/h2,4-5,8-9,13,22H,3,6-7,10-12H2,1H3. The van der Waals surface area contributed by atoms with E-state index < -0.39 is 0 Å². The molecule has 0 spiro atoms. The molecule has 1 aliphatic rings. The lowest BCUT2D eigenvalue weighted by Crippen LogP contribution is -2.35. The first kappa shape index (κ1) is 15.7. The lowest BCUT2D eigenvalue weighted by molar-refractivity contribution is 0.0872. The van der Waals surface area contributed by atoms with Gasteiger partial charge >= 0.3 is 0 Å². The Kier molecular flexibility index (Phi) is 4.76. The molecular weight excluding hydrogens is 292 g/mol. The van der Waals surface area contributed by atoms with Crippen molar-refractivity contribution < 1.29 is 14.4 Å². The van der Waals surface area contributed by atoms with E-state index in [1.165, 1.54) is 19.3 Å². The van der Waals surface area contributed by atoms with Gasteiger partial charge in [0.2, 0.25) is 5.76 Å². The van der Waals surface area contributed by atoms with Crippen LogP contribution in [0, 0.1) is 5.92 Å². The summed E-state index contributed by atoms with van der Waals surface area (Å²) in [4.78, 5) is 14.9. The van der Waals surface area contributed by atoms with Gasteiger partial charge in [-0.3, -0.25) is 4.79 Å². The number of Topliss-reactive ketones (excluding diaryl/α,β-unsaturated/α-hetero) is 1. The normalized spacial score (nSPS) is 17.1. The number of nitrogens with zero attached hydrogens (tertiary/aromatic N) is 2. The van der Waals surface area contributed by atoms with Crippen LogP contribution in [-0.2, 0) is 0 Å². The predicted octanol–water partition coefficient (Wildman–Crippen LogP) is 3.35. The summed E-state index contributed by atoms with van der Waals surface area (Å²) in [6, 6.07) is 9.19. The van der Waals surface area contributed by atoms with Gasteiger partial charge in [0.25, 0.3) is 0 Å². The number of rotatable bonds is 5. The molecule has 0 saturated carbocycles. The molecule has 5 heteroatoms. The van der Waals surface area contributed by atoms with E-state index in [0.717, 1.165) is 13.1 Å². The Bertz CT molecular complexity index is 660. The van der Waals surface area contributed by atoms with E-state index in [0.29, 0.717) is 12.1 Å². The van der Waals surface area contributed by atoms with Gasteiger partial charge in [0.05, 0.1) is 0 Å². The molecule has 2 aromatic rings. The zero-order valence-electron chi connectivity index (χ0n) is 13.4. The van der Waals surface area contributed by atoms with Crippen LogP contribution < -0.4 is 0 Å². The molecule has 0 bridgehead atoms. The highest BCUT2D eigenvalue weighted by Gasteiger charge is 2.27. The second kappa shape index (κ2) is 6.96. The van der Waals surface area contributed by atoms with E-state index in [9.17, 15) is 9.90 Å². The van der Waals surface area contributed by atoms with Crippen LogP contribution in [0.5, 0.6) is 5.75 Å². The zero-order chi connectivity index (χ0) is 16.2. The molecule has 1 fully saturated rings. The fourth-order valence-corrected chi connectivity index (χ4v) is 3.07. The molecule has 1 atom stereocenters. The van der Waals surface area contributed by atoms with Crippen molar-refractivity contribution in [1.82, 2.24) is 10.1 Å². The van der Waals surface area contributed by atoms with E-state index >= 15 is 0 Å². The van der Waals surface area contributed by atoms with Crippen LogP contribution in [0.2, 0.25) is 0 Å². The first-order valence-corrected chi connectivity index (χ1v) is 8.17. The summed E-state index contributed by atoms with van der Waals surface area (Å²) in [5.41, 5.74) is 0.744. The van der Waals surface area contributed by atoms with E-state index in [1.807, 2.05) is 37.3 Å². The average molecular weight is 314 g/mol. The third kappa shape index (κ3) is 3.45. The molecule has 1 N–H and O–H groups in total. The van der Waals surface area contributed by atoms with Gasteiger partial charge in [-0.25, -0.2) is 0 Å². The third-order valence-electron chi connectivity index (χ3n) is 4.37. The second-order valence-corrected chi connectivity index (χ2v) is 6.20. The van der Waals surface area contributed by atoms with Crippen LogP contribution in [0.1, 0.15) is 36.7 Å². The summed E-state index contributed by atoms with van der Waals surface area (Å²) in [5, 5.41) is 14.1. The SMILES string of the molecule is CC(CN1CCCCC1)C(=O)c1noc(-c2ccccc2)c1O. The number of hydrogen-bond acceptors (Lipinski definition) is 5. The van der Waals surface area contributed by atoms with Crippen LogP contribution in [0.3, 0.4) is 0 Å². The Morgan fingerprint density at radius 3 is 2.65 bits per heavy atom. The van der Waals surface area contributed by atoms with E-state index in [4.69, 9.17) is 4.52 Å². The highest BCUT2D eigenvalue weighted by atomic mass is 16.5. The monoisotopic (exact) mass is 314 g/mol. The maximum Gasteiger partial charge on any atom is 0.209 e. The summed E-state index contributed by atoms with van der Waals surface area (Å²) in [7, 11) is 0. The molecule has 122 valence electrons. The van der Waals surface area contributed by atoms with Crippen molar-refractivity contribution in [1.29, 1.82) is 0 Å². The fraction of sp³-hybridized carbons (Fsp3) is 0.444. The molecule has 3 rings (SSSR count). The topological polar surface area (TPSA) is 66.6 Å². The Labute approximate surface area is 135 Å². The predicted molar refractivity (Wildman–Crippen MR) is 87.4 cm³/mol. The van der Waals surface area contributed by atoms with Crippen molar-refractivity contribution in [2.75, 3.05) is 19.6 Å². The van der Waals surface area contributed by atoms with E-state index in [2.05, 4.69) is 10.1 Å². The van der Waals surface area contributed by atoms with Crippen LogP contribution in [-0.4, -0.2) is 40.6 Å². The molecule has 1 unspecified atom stereocenters. The Morgan fingerprint density at radius 2 is 1.96 bits per heavy atom. The summed E-state index contributed by atoms with van der Waals surface area (Å²) < 4.78 is 5.21. The quantitative estimate of drug-likeness (QED) is 0.857. The van der Waals surface area contributed by atoms with Crippen molar-refractivity contribution in [3.05, 3.63) is 36.0 Å². The smallest absolute Gasteiger partial charge is 0.209 e. The molecule has 1 aliphatic heterocycles. The Balaban J connectivity index is 1.73. The average Bonchev–Trinajstić information content (AvgIpc) is 2.97. The second-order valence-electron chi connectivity index (χ2n) is 6.20. The van der Waals surface area contributed by atoms with Gasteiger partial charge in [0.1, 0.15) is 0 Å². The highest BCUT2D eigenvalue weighted by Crippen LogP contribution is 2.33. The lowest BCUT2D eigenvalue weighted by atomic mass is 10.0. The van der Waals surface area contributed by atoms with Gasteiger partial charge in [0, 0.05) is 18.0 Å². The van der Waals surface area contributed by atoms with Crippen LogP contribution >= 0.6 is 0 Å². The Morgan fingerprint density at radius 1 is 1.26 bits per heavy atom. The van der Waals surface area contributed by atoms with Crippen molar-refractivity contribution in [3.63, 3.8) is 0 Å². The number of piperidine rings is 1. The zero-order valence-corrected chi connectivity index (χ0v) is 13.4. The van der Waals surface area contributed by atoms with Gasteiger partial charge in [-0.15, -0.1) is 0 Å². The number of likely N-dealkylation sites (tertiary alicyclic amines) is 1. The van der Waals surface area contributed by atoms with Crippen molar-refractivity contribution in [3.8, 4) is 17.1 Å². The van der Waals surface area contributed by atoms with Gasteiger partial charge in [-0.2, -0.15) is 0 Å². The molecule has 23 heavy (non-hydrogen) atoms. The molecule has 1 aromatic carbocycles. The van der Waals surface area contributed by atoms with Crippen molar-refractivity contribution >= 4 is 5.78 Å². The molecule has 0 radical (unpaired) electrons. The summed E-state index contributed by atoms with van der Waals surface area (Å²) >= 11 is 0. The number of carbonyl (C=O) groups is 1. The summed E-state index contributed by atoms with van der Waals surface area (Å²) in [6.07, 6.45) is 3.64. The van der Waals surface area contributed by atoms with E-state index in [-0.39, 0.29) is 28.9 Å². The minimum Gasteiger partial charge on any atom is -0.502 e. The molecular formula is C18H22N2O3. The largest absolute Gasteiger partial charge is 0.502 e. The lowest BCUT2D eigenvalue weighted by Gasteiger charge is -2.28. The van der Waals surface area contributed by atoms with Crippen LogP contribution in [0.25, 0.3) is 11.3 Å². The number of hydrogen-bond donors (Lipinski definition) is 1. The Hall–Kier alpha value is -2.14. The van der Waals surface area contributed by atoms with Gasteiger partial charge in [0.15, 0.2) is 17.2 Å². The van der Waals surface area contributed by atoms with E-state index in [1.54, 1.807) is 0 Å².